The minimum absolute atomic E-state index is 0.0548. The van der Waals surface area contributed by atoms with Crippen LogP contribution >= 0.6 is 0 Å². The minimum atomic E-state index is -0.263. The molecular weight excluding hydrogens is 340 g/mol. The van der Waals surface area contributed by atoms with Crippen molar-refractivity contribution in [2.75, 3.05) is 13.1 Å². The minimum Gasteiger partial charge on any atom is -0.352 e. The maximum Gasteiger partial charge on any atom is 0.225 e. The summed E-state index contributed by atoms with van der Waals surface area (Å²) in [7, 11) is 0. The number of amides is 2. The number of rotatable bonds is 6. The van der Waals surface area contributed by atoms with E-state index in [0.717, 1.165) is 22.6 Å². The smallest absolute Gasteiger partial charge is 0.225 e. The van der Waals surface area contributed by atoms with Crippen LogP contribution < -0.4 is 5.32 Å². The number of likely N-dealkylation sites (tertiary alicyclic amines) is 1. The Balaban J connectivity index is 1.65. The Bertz CT molecular complexity index is 826. The normalized spacial score (nSPS) is 17.0. The number of aromatic nitrogens is 2. The molecule has 3 rings (SSSR count). The van der Waals surface area contributed by atoms with Crippen molar-refractivity contribution in [2.45, 2.75) is 40.7 Å². The zero-order valence-electron chi connectivity index (χ0n) is 16.5. The highest BCUT2D eigenvalue weighted by atomic mass is 16.2. The summed E-state index contributed by atoms with van der Waals surface area (Å²) < 4.78 is 1.90. The Kier molecular flexibility index (Phi) is 5.63. The summed E-state index contributed by atoms with van der Waals surface area (Å²) in [6.45, 7) is 9.79. The van der Waals surface area contributed by atoms with E-state index in [0.29, 0.717) is 32.0 Å². The zero-order chi connectivity index (χ0) is 19.6. The first-order valence-corrected chi connectivity index (χ1v) is 9.52. The number of hydrogen-bond donors (Lipinski definition) is 1. The van der Waals surface area contributed by atoms with E-state index in [2.05, 4.69) is 24.3 Å². The molecule has 1 fully saturated rings. The molecular formula is C21H28N4O2. The number of hydrogen-bond acceptors (Lipinski definition) is 3. The van der Waals surface area contributed by atoms with Gasteiger partial charge in [0.05, 0.1) is 17.3 Å². The maximum atomic E-state index is 12.6. The van der Waals surface area contributed by atoms with Crippen molar-refractivity contribution < 1.29 is 9.59 Å². The topological polar surface area (TPSA) is 67.2 Å². The standard InChI is InChI=1S/C21H28N4O2/c1-14(2)12-24-13-17(10-20(24)26)21(27)22-11-19-15(3)23-25(16(19)4)18-8-6-5-7-9-18/h5-9,14,17H,10-13H2,1-4H3,(H,22,27). The van der Waals surface area contributed by atoms with Gasteiger partial charge >= 0.3 is 0 Å². The number of para-hydroxylation sites is 1. The van der Waals surface area contributed by atoms with E-state index in [-0.39, 0.29) is 17.7 Å². The molecule has 1 saturated heterocycles. The summed E-state index contributed by atoms with van der Waals surface area (Å²) in [5, 5.41) is 7.63. The van der Waals surface area contributed by atoms with Crippen LogP contribution in [-0.4, -0.2) is 39.6 Å². The molecule has 1 aliphatic heterocycles. The third-order valence-corrected chi connectivity index (χ3v) is 5.05. The predicted molar refractivity (Wildman–Crippen MR) is 104 cm³/mol. The number of carbonyl (C=O) groups excluding carboxylic acids is 2. The number of carbonyl (C=O) groups is 2. The lowest BCUT2D eigenvalue weighted by atomic mass is 10.1. The van der Waals surface area contributed by atoms with Crippen LogP contribution in [0.5, 0.6) is 0 Å². The van der Waals surface area contributed by atoms with Gasteiger partial charge in [0, 0.05) is 37.3 Å². The van der Waals surface area contributed by atoms with Crippen molar-refractivity contribution in [1.82, 2.24) is 20.0 Å². The molecule has 2 aromatic rings. The number of nitrogens with one attached hydrogen (secondary N) is 1. The average molecular weight is 368 g/mol. The van der Waals surface area contributed by atoms with E-state index in [1.165, 1.54) is 0 Å². The van der Waals surface area contributed by atoms with Crippen LogP contribution in [0.2, 0.25) is 0 Å². The first-order chi connectivity index (χ1) is 12.9. The quantitative estimate of drug-likeness (QED) is 0.852. The second-order valence-electron chi connectivity index (χ2n) is 7.71. The van der Waals surface area contributed by atoms with Gasteiger partial charge in [0.15, 0.2) is 0 Å². The first kappa shape index (κ1) is 19.1. The molecule has 0 radical (unpaired) electrons. The highest BCUT2D eigenvalue weighted by molar-refractivity contribution is 5.89. The van der Waals surface area contributed by atoms with E-state index >= 15 is 0 Å². The van der Waals surface area contributed by atoms with Gasteiger partial charge in [0.25, 0.3) is 0 Å². The molecule has 0 spiro atoms. The van der Waals surface area contributed by atoms with Gasteiger partial charge in [-0.05, 0) is 31.9 Å². The molecule has 2 amide bonds. The van der Waals surface area contributed by atoms with Crippen LogP contribution in [0.15, 0.2) is 30.3 Å². The summed E-state index contributed by atoms with van der Waals surface area (Å²) in [5.41, 5.74) is 3.94. The van der Waals surface area contributed by atoms with E-state index in [1.807, 2.05) is 48.9 Å². The average Bonchev–Trinajstić information content (AvgIpc) is 3.13. The molecule has 2 heterocycles. The number of benzene rings is 1. The molecule has 6 heteroatoms. The summed E-state index contributed by atoms with van der Waals surface area (Å²) >= 11 is 0. The largest absolute Gasteiger partial charge is 0.352 e. The number of aryl methyl sites for hydroxylation is 1. The molecule has 6 nitrogen and oxygen atoms in total. The second kappa shape index (κ2) is 7.94. The van der Waals surface area contributed by atoms with Gasteiger partial charge in [0.1, 0.15) is 0 Å². The third kappa shape index (κ3) is 4.21. The molecule has 0 saturated carbocycles. The van der Waals surface area contributed by atoms with Crippen LogP contribution in [0.1, 0.15) is 37.2 Å². The van der Waals surface area contributed by atoms with Crippen molar-refractivity contribution in [3.05, 3.63) is 47.3 Å². The SMILES string of the molecule is Cc1nn(-c2ccccc2)c(C)c1CNC(=O)C1CC(=O)N(CC(C)C)C1. The molecule has 1 unspecified atom stereocenters. The molecule has 0 bridgehead atoms. The van der Waals surface area contributed by atoms with Gasteiger partial charge in [-0.15, -0.1) is 0 Å². The van der Waals surface area contributed by atoms with Crippen LogP contribution in [0.4, 0.5) is 0 Å². The van der Waals surface area contributed by atoms with Crippen LogP contribution in [0.25, 0.3) is 5.69 Å². The summed E-state index contributed by atoms with van der Waals surface area (Å²) in [5.74, 6) is 0.167. The van der Waals surface area contributed by atoms with E-state index in [9.17, 15) is 9.59 Å². The van der Waals surface area contributed by atoms with Gasteiger partial charge in [-0.25, -0.2) is 4.68 Å². The van der Waals surface area contributed by atoms with Gasteiger partial charge < -0.3 is 10.2 Å². The summed E-state index contributed by atoms with van der Waals surface area (Å²) in [6, 6.07) is 9.95. The molecule has 144 valence electrons. The monoisotopic (exact) mass is 368 g/mol. The number of nitrogens with zero attached hydrogens (tertiary/aromatic N) is 3. The Hall–Kier alpha value is -2.63. The van der Waals surface area contributed by atoms with Gasteiger partial charge in [0.2, 0.25) is 11.8 Å². The molecule has 27 heavy (non-hydrogen) atoms. The van der Waals surface area contributed by atoms with Crippen molar-refractivity contribution in [1.29, 1.82) is 0 Å². The molecule has 0 aliphatic carbocycles. The van der Waals surface area contributed by atoms with Gasteiger partial charge in [-0.1, -0.05) is 32.0 Å². The maximum absolute atomic E-state index is 12.6. The molecule has 1 N–H and O–H groups in total. The molecule has 1 aromatic heterocycles. The lowest BCUT2D eigenvalue weighted by Gasteiger charge is -2.18. The third-order valence-electron chi connectivity index (χ3n) is 5.05. The lowest BCUT2D eigenvalue weighted by Crippen LogP contribution is -2.34. The Labute approximate surface area is 160 Å². The van der Waals surface area contributed by atoms with E-state index in [1.54, 1.807) is 4.90 Å². The highest BCUT2D eigenvalue weighted by Crippen LogP contribution is 2.21. The fraction of sp³-hybridized carbons (Fsp3) is 0.476. The predicted octanol–water partition coefficient (Wildman–Crippen LogP) is 2.61. The van der Waals surface area contributed by atoms with Crippen molar-refractivity contribution in [3.63, 3.8) is 0 Å². The summed E-state index contributed by atoms with van der Waals surface area (Å²) in [6.07, 6.45) is 0.305. The van der Waals surface area contributed by atoms with Crippen LogP contribution in [0.3, 0.4) is 0 Å². The van der Waals surface area contributed by atoms with Gasteiger partial charge in [-0.2, -0.15) is 5.10 Å². The second-order valence-corrected chi connectivity index (χ2v) is 7.71. The lowest BCUT2D eigenvalue weighted by molar-refractivity contribution is -0.129. The first-order valence-electron chi connectivity index (χ1n) is 9.52. The van der Waals surface area contributed by atoms with E-state index < -0.39 is 0 Å². The highest BCUT2D eigenvalue weighted by Gasteiger charge is 2.34. The van der Waals surface area contributed by atoms with Crippen LogP contribution in [0, 0.1) is 25.7 Å². The molecule has 1 aromatic carbocycles. The Morgan fingerprint density at radius 2 is 1.96 bits per heavy atom. The van der Waals surface area contributed by atoms with E-state index in [4.69, 9.17) is 0 Å². The fourth-order valence-electron chi connectivity index (χ4n) is 3.64. The van der Waals surface area contributed by atoms with Crippen LogP contribution in [-0.2, 0) is 16.1 Å². The molecule has 1 atom stereocenters. The Morgan fingerprint density at radius 1 is 1.26 bits per heavy atom. The fourth-order valence-corrected chi connectivity index (χ4v) is 3.64. The van der Waals surface area contributed by atoms with Gasteiger partial charge in [-0.3, -0.25) is 9.59 Å². The summed E-state index contributed by atoms with van der Waals surface area (Å²) in [4.78, 5) is 26.5. The Morgan fingerprint density at radius 3 is 2.63 bits per heavy atom. The zero-order valence-corrected chi connectivity index (χ0v) is 16.5. The van der Waals surface area contributed by atoms with Crippen molar-refractivity contribution >= 4 is 11.8 Å². The van der Waals surface area contributed by atoms with Crippen molar-refractivity contribution in [2.24, 2.45) is 11.8 Å². The van der Waals surface area contributed by atoms with Crippen molar-refractivity contribution in [3.8, 4) is 5.69 Å². The molecule has 1 aliphatic rings.